The molecular weight excluding hydrogens is 218 g/mol. The Balaban J connectivity index is 2.10. The van der Waals surface area contributed by atoms with Gasteiger partial charge in [-0.1, -0.05) is 36.8 Å². The van der Waals surface area contributed by atoms with Gasteiger partial charge in [-0.25, -0.2) is 0 Å². The zero-order chi connectivity index (χ0) is 13.0. The van der Waals surface area contributed by atoms with Gasteiger partial charge in [-0.05, 0) is 62.8 Å². The Morgan fingerprint density at radius 2 is 2.06 bits per heavy atom. The highest BCUT2D eigenvalue weighted by atomic mass is 14.9. The fourth-order valence-electron chi connectivity index (χ4n) is 2.76. The molecule has 1 unspecified atom stereocenters. The molecule has 2 rings (SSSR count). The number of aryl methyl sites for hydroxylation is 2. The number of rotatable bonds is 5. The predicted molar refractivity (Wildman–Crippen MR) is 79.0 cm³/mol. The van der Waals surface area contributed by atoms with Crippen LogP contribution in [0.2, 0.25) is 0 Å². The van der Waals surface area contributed by atoms with Crippen LogP contribution in [-0.4, -0.2) is 12.6 Å². The summed E-state index contributed by atoms with van der Waals surface area (Å²) in [7, 11) is 0. The van der Waals surface area contributed by atoms with Gasteiger partial charge in [0.05, 0.1) is 0 Å². The molecule has 0 aliphatic heterocycles. The predicted octanol–water partition coefficient (Wildman–Crippen LogP) is 3.93. The summed E-state index contributed by atoms with van der Waals surface area (Å²) in [5, 5.41) is 3.64. The highest BCUT2D eigenvalue weighted by Crippen LogP contribution is 2.23. The zero-order valence-corrected chi connectivity index (χ0v) is 11.9. The van der Waals surface area contributed by atoms with E-state index in [0.29, 0.717) is 6.04 Å². The summed E-state index contributed by atoms with van der Waals surface area (Å²) >= 11 is 0. The first-order chi connectivity index (χ1) is 8.70. The minimum atomic E-state index is 0.541. The summed E-state index contributed by atoms with van der Waals surface area (Å²) < 4.78 is 0. The van der Waals surface area contributed by atoms with Crippen LogP contribution in [0.5, 0.6) is 0 Å². The number of benzene rings is 1. The monoisotopic (exact) mass is 243 g/mol. The van der Waals surface area contributed by atoms with Crippen LogP contribution < -0.4 is 5.32 Å². The van der Waals surface area contributed by atoms with E-state index in [-0.39, 0.29) is 0 Å². The maximum Gasteiger partial charge on any atom is 0.0319 e. The van der Waals surface area contributed by atoms with Crippen LogP contribution in [0.1, 0.15) is 42.9 Å². The molecule has 1 aliphatic carbocycles. The third-order valence-corrected chi connectivity index (χ3v) is 3.99. The fraction of sp³-hybridized carbons (Fsp3) is 0.529. The van der Waals surface area contributed by atoms with Crippen molar-refractivity contribution in [2.75, 3.05) is 6.54 Å². The van der Waals surface area contributed by atoms with Gasteiger partial charge in [0.2, 0.25) is 0 Å². The molecule has 0 heterocycles. The van der Waals surface area contributed by atoms with Crippen molar-refractivity contribution in [1.29, 1.82) is 0 Å². The Morgan fingerprint density at radius 3 is 2.67 bits per heavy atom. The molecule has 1 heteroatoms. The van der Waals surface area contributed by atoms with E-state index < -0.39 is 0 Å². The van der Waals surface area contributed by atoms with Crippen LogP contribution in [0, 0.1) is 13.8 Å². The highest BCUT2D eigenvalue weighted by molar-refractivity contribution is 5.31. The van der Waals surface area contributed by atoms with Gasteiger partial charge in [0.25, 0.3) is 0 Å². The lowest BCUT2D eigenvalue weighted by molar-refractivity contribution is 0.574. The van der Waals surface area contributed by atoms with Gasteiger partial charge in [-0.15, -0.1) is 0 Å². The molecule has 0 bridgehead atoms. The van der Waals surface area contributed by atoms with Gasteiger partial charge in [-0.3, -0.25) is 0 Å². The Morgan fingerprint density at radius 1 is 1.22 bits per heavy atom. The SMILES string of the molecule is CCNC(Cc1ccc(C)c(C)c1)C1=CCCC1. The molecule has 98 valence electrons. The van der Waals surface area contributed by atoms with Crippen molar-refractivity contribution in [3.8, 4) is 0 Å². The van der Waals surface area contributed by atoms with Gasteiger partial charge in [0, 0.05) is 6.04 Å². The third-order valence-electron chi connectivity index (χ3n) is 3.99. The number of allylic oxidation sites excluding steroid dienone is 1. The average molecular weight is 243 g/mol. The van der Waals surface area contributed by atoms with Crippen LogP contribution in [0.15, 0.2) is 29.8 Å². The first kappa shape index (κ1) is 13.4. The molecule has 18 heavy (non-hydrogen) atoms. The van der Waals surface area contributed by atoms with Crippen molar-refractivity contribution < 1.29 is 0 Å². The van der Waals surface area contributed by atoms with E-state index in [2.05, 4.69) is 50.4 Å². The lowest BCUT2D eigenvalue weighted by Crippen LogP contribution is -2.32. The second-order valence-corrected chi connectivity index (χ2v) is 5.40. The Bertz CT molecular complexity index is 431. The largest absolute Gasteiger partial charge is 0.310 e. The van der Waals surface area contributed by atoms with E-state index in [9.17, 15) is 0 Å². The fourth-order valence-corrected chi connectivity index (χ4v) is 2.76. The molecule has 1 nitrogen and oxygen atoms in total. The van der Waals surface area contributed by atoms with E-state index in [0.717, 1.165) is 13.0 Å². The maximum absolute atomic E-state index is 3.64. The van der Waals surface area contributed by atoms with Gasteiger partial charge >= 0.3 is 0 Å². The van der Waals surface area contributed by atoms with Gasteiger partial charge in [-0.2, -0.15) is 0 Å². The second kappa shape index (κ2) is 6.19. The Labute approximate surface area is 111 Å². The van der Waals surface area contributed by atoms with Crippen molar-refractivity contribution in [3.63, 3.8) is 0 Å². The van der Waals surface area contributed by atoms with Crippen molar-refractivity contribution in [2.45, 2.75) is 52.5 Å². The van der Waals surface area contributed by atoms with Gasteiger partial charge in [0.15, 0.2) is 0 Å². The summed E-state index contributed by atoms with van der Waals surface area (Å²) in [5.41, 5.74) is 5.87. The molecule has 1 aromatic carbocycles. The van der Waals surface area contributed by atoms with Crippen LogP contribution >= 0.6 is 0 Å². The highest BCUT2D eigenvalue weighted by Gasteiger charge is 2.16. The van der Waals surface area contributed by atoms with Crippen LogP contribution in [-0.2, 0) is 6.42 Å². The Hall–Kier alpha value is -1.08. The van der Waals surface area contributed by atoms with E-state index in [1.807, 2.05) is 0 Å². The standard InChI is InChI=1S/C17H25N/c1-4-18-17(16-7-5-6-8-16)12-15-10-9-13(2)14(3)11-15/h7,9-11,17-18H,4-6,8,12H2,1-3H3. The summed E-state index contributed by atoms with van der Waals surface area (Å²) in [6.07, 6.45) is 7.45. The van der Waals surface area contributed by atoms with Crippen molar-refractivity contribution in [2.24, 2.45) is 0 Å². The van der Waals surface area contributed by atoms with Crippen molar-refractivity contribution in [1.82, 2.24) is 5.32 Å². The molecule has 0 fully saturated rings. The van der Waals surface area contributed by atoms with Crippen LogP contribution in [0.25, 0.3) is 0 Å². The first-order valence-corrected chi connectivity index (χ1v) is 7.19. The molecule has 1 N–H and O–H groups in total. The minimum Gasteiger partial charge on any atom is -0.310 e. The summed E-state index contributed by atoms with van der Waals surface area (Å²) in [6.45, 7) is 7.63. The molecule has 1 aliphatic rings. The normalized spacial score (nSPS) is 16.7. The molecule has 0 aromatic heterocycles. The quantitative estimate of drug-likeness (QED) is 0.773. The molecule has 0 amide bonds. The number of hydrogen-bond donors (Lipinski definition) is 1. The number of likely N-dealkylation sites (N-methyl/N-ethyl adjacent to an activating group) is 1. The van der Waals surface area contributed by atoms with Crippen LogP contribution in [0.3, 0.4) is 0 Å². The van der Waals surface area contributed by atoms with E-state index in [1.54, 1.807) is 5.57 Å². The summed E-state index contributed by atoms with van der Waals surface area (Å²) in [6, 6.07) is 7.41. The zero-order valence-electron chi connectivity index (χ0n) is 11.9. The molecule has 0 saturated heterocycles. The van der Waals surface area contributed by atoms with Crippen molar-refractivity contribution in [3.05, 3.63) is 46.5 Å². The molecule has 0 radical (unpaired) electrons. The molecule has 0 saturated carbocycles. The van der Waals surface area contributed by atoms with E-state index in [4.69, 9.17) is 0 Å². The molecular formula is C17H25N. The lowest BCUT2D eigenvalue weighted by atomic mass is 9.96. The van der Waals surface area contributed by atoms with E-state index >= 15 is 0 Å². The Kier molecular flexibility index (Phi) is 4.60. The topological polar surface area (TPSA) is 12.0 Å². The number of nitrogens with one attached hydrogen (secondary N) is 1. The third kappa shape index (κ3) is 3.23. The number of hydrogen-bond acceptors (Lipinski definition) is 1. The molecule has 0 spiro atoms. The van der Waals surface area contributed by atoms with Gasteiger partial charge < -0.3 is 5.32 Å². The van der Waals surface area contributed by atoms with E-state index in [1.165, 1.54) is 36.0 Å². The average Bonchev–Trinajstić information content (AvgIpc) is 2.87. The lowest BCUT2D eigenvalue weighted by Gasteiger charge is -2.20. The second-order valence-electron chi connectivity index (χ2n) is 5.40. The van der Waals surface area contributed by atoms with Crippen molar-refractivity contribution >= 4 is 0 Å². The molecule has 1 atom stereocenters. The van der Waals surface area contributed by atoms with Crippen LogP contribution in [0.4, 0.5) is 0 Å². The minimum absolute atomic E-state index is 0.541. The maximum atomic E-state index is 3.64. The summed E-state index contributed by atoms with van der Waals surface area (Å²) in [4.78, 5) is 0. The molecule has 1 aromatic rings. The first-order valence-electron chi connectivity index (χ1n) is 7.19. The van der Waals surface area contributed by atoms with Gasteiger partial charge in [0.1, 0.15) is 0 Å². The smallest absolute Gasteiger partial charge is 0.0319 e. The summed E-state index contributed by atoms with van der Waals surface area (Å²) in [5.74, 6) is 0.